The lowest BCUT2D eigenvalue weighted by atomic mass is 10.0. The molecule has 0 aliphatic carbocycles. The predicted octanol–water partition coefficient (Wildman–Crippen LogP) is 3.40. The van der Waals surface area contributed by atoms with Crippen LogP contribution in [0.3, 0.4) is 0 Å². The molecule has 17 heavy (non-hydrogen) atoms. The highest BCUT2D eigenvalue weighted by Gasteiger charge is 2.15. The number of carbonyl (C=O) groups is 1. The van der Waals surface area contributed by atoms with E-state index >= 15 is 0 Å². The second kappa shape index (κ2) is 4.67. The van der Waals surface area contributed by atoms with Crippen molar-refractivity contribution < 1.29 is 9.18 Å². The maximum absolute atomic E-state index is 13.7. The van der Waals surface area contributed by atoms with E-state index in [-0.39, 0.29) is 15.8 Å². The number of carbonyl (C=O) groups excluding carboxylic acids is 1. The summed E-state index contributed by atoms with van der Waals surface area (Å²) in [5.41, 5.74) is 6.55. The summed E-state index contributed by atoms with van der Waals surface area (Å²) >= 11 is 3.05. The Labute approximate surface area is 106 Å². The fourth-order valence-electron chi connectivity index (χ4n) is 1.47. The van der Waals surface area contributed by atoms with Crippen LogP contribution in [0.4, 0.5) is 10.1 Å². The van der Waals surface area contributed by atoms with E-state index in [0.29, 0.717) is 11.3 Å². The van der Waals surface area contributed by atoms with Crippen molar-refractivity contribution in [3.63, 3.8) is 0 Å². The van der Waals surface area contributed by atoms with Gasteiger partial charge in [-0.1, -0.05) is 6.07 Å². The minimum atomic E-state index is -0.547. The van der Waals surface area contributed by atoms with Crippen LogP contribution in [0.15, 0.2) is 46.9 Å². The largest absolute Gasteiger partial charge is 0.399 e. The number of hydrogen-bond acceptors (Lipinski definition) is 2. The van der Waals surface area contributed by atoms with Gasteiger partial charge in [-0.15, -0.1) is 0 Å². The zero-order valence-corrected chi connectivity index (χ0v) is 10.4. The van der Waals surface area contributed by atoms with Gasteiger partial charge in [0.1, 0.15) is 5.82 Å². The maximum Gasteiger partial charge on any atom is 0.196 e. The highest BCUT2D eigenvalue weighted by atomic mass is 79.9. The van der Waals surface area contributed by atoms with E-state index in [1.54, 1.807) is 36.4 Å². The Morgan fingerprint density at radius 1 is 1.12 bits per heavy atom. The number of nitrogen functional groups attached to an aromatic ring is 1. The molecule has 4 heteroatoms. The third-order valence-electron chi connectivity index (χ3n) is 2.37. The molecule has 0 aliphatic rings. The number of rotatable bonds is 2. The lowest BCUT2D eigenvalue weighted by Gasteiger charge is -2.04. The maximum atomic E-state index is 13.7. The normalized spacial score (nSPS) is 10.2. The second-order valence-corrected chi connectivity index (χ2v) is 4.41. The lowest BCUT2D eigenvalue weighted by Crippen LogP contribution is -2.04. The summed E-state index contributed by atoms with van der Waals surface area (Å²) in [4.78, 5) is 12.0. The Bertz CT molecular complexity index is 566. The quantitative estimate of drug-likeness (QED) is 0.681. The first-order valence-electron chi connectivity index (χ1n) is 4.94. The summed E-state index contributed by atoms with van der Waals surface area (Å²) in [5.74, 6) is -0.905. The molecule has 0 bridgehead atoms. The van der Waals surface area contributed by atoms with E-state index < -0.39 is 5.82 Å². The van der Waals surface area contributed by atoms with E-state index in [0.717, 1.165) is 0 Å². The molecule has 2 aromatic rings. The van der Waals surface area contributed by atoms with Crippen molar-refractivity contribution in [3.05, 3.63) is 63.9 Å². The van der Waals surface area contributed by atoms with Gasteiger partial charge in [-0.05, 0) is 52.3 Å². The first-order chi connectivity index (χ1) is 8.09. The van der Waals surface area contributed by atoms with Gasteiger partial charge in [0, 0.05) is 11.3 Å². The first-order valence-corrected chi connectivity index (χ1v) is 5.73. The number of ketones is 1. The standard InChI is InChI=1S/C13H9BrFNO/c14-11-3-1-2-10(12(11)15)13(17)8-4-6-9(16)7-5-8/h1-7H,16H2. The van der Waals surface area contributed by atoms with Crippen LogP contribution < -0.4 is 5.73 Å². The van der Waals surface area contributed by atoms with Crippen molar-refractivity contribution in [1.82, 2.24) is 0 Å². The summed E-state index contributed by atoms with van der Waals surface area (Å²) in [5, 5.41) is 0. The van der Waals surface area contributed by atoms with E-state index in [2.05, 4.69) is 15.9 Å². The van der Waals surface area contributed by atoms with Gasteiger partial charge < -0.3 is 5.73 Å². The molecule has 0 aromatic heterocycles. The number of benzene rings is 2. The van der Waals surface area contributed by atoms with E-state index in [1.165, 1.54) is 6.07 Å². The van der Waals surface area contributed by atoms with Crippen molar-refractivity contribution in [2.75, 3.05) is 5.73 Å². The van der Waals surface area contributed by atoms with Gasteiger partial charge in [0.05, 0.1) is 10.0 Å². The summed E-state index contributed by atoms with van der Waals surface area (Å²) in [6, 6.07) is 11.0. The number of halogens is 2. The molecule has 0 heterocycles. The molecule has 0 aliphatic heterocycles. The van der Waals surface area contributed by atoms with Crippen LogP contribution in [0, 0.1) is 5.82 Å². The minimum absolute atomic E-state index is 0.0455. The zero-order chi connectivity index (χ0) is 12.4. The van der Waals surface area contributed by atoms with Gasteiger partial charge in [-0.2, -0.15) is 0 Å². The molecule has 0 saturated carbocycles. The highest BCUT2D eigenvalue weighted by molar-refractivity contribution is 9.10. The van der Waals surface area contributed by atoms with Crippen molar-refractivity contribution in [1.29, 1.82) is 0 Å². The van der Waals surface area contributed by atoms with Gasteiger partial charge in [-0.3, -0.25) is 4.79 Å². The van der Waals surface area contributed by atoms with Gasteiger partial charge in [0.25, 0.3) is 0 Å². The van der Waals surface area contributed by atoms with Crippen LogP contribution in [0.5, 0.6) is 0 Å². The fourth-order valence-corrected chi connectivity index (χ4v) is 1.84. The monoisotopic (exact) mass is 293 g/mol. The van der Waals surface area contributed by atoms with E-state index in [1.807, 2.05) is 0 Å². The molecule has 0 saturated heterocycles. The van der Waals surface area contributed by atoms with Crippen LogP contribution in [0.2, 0.25) is 0 Å². The molecule has 2 rings (SSSR count). The molecule has 0 fully saturated rings. The third kappa shape index (κ3) is 2.36. The first kappa shape index (κ1) is 11.8. The molecule has 86 valence electrons. The highest BCUT2D eigenvalue weighted by Crippen LogP contribution is 2.21. The molecule has 2 nitrogen and oxygen atoms in total. The Morgan fingerprint density at radius 3 is 2.41 bits per heavy atom. The van der Waals surface area contributed by atoms with Crippen molar-refractivity contribution >= 4 is 27.4 Å². The van der Waals surface area contributed by atoms with Gasteiger partial charge in [0.2, 0.25) is 0 Å². The van der Waals surface area contributed by atoms with Gasteiger partial charge in [-0.25, -0.2) is 4.39 Å². The van der Waals surface area contributed by atoms with E-state index in [4.69, 9.17) is 5.73 Å². The van der Waals surface area contributed by atoms with Gasteiger partial charge in [0.15, 0.2) is 5.78 Å². The van der Waals surface area contributed by atoms with Crippen molar-refractivity contribution in [2.24, 2.45) is 0 Å². The zero-order valence-electron chi connectivity index (χ0n) is 8.78. The van der Waals surface area contributed by atoms with Crippen LogP contribution in [-0.2, 0) is 0 Å². The Morgan fingerprint density at radius 2 is 1.76 bits per heavy atom. The number of hydrogen-bond donors (Lipinski definition) is 1. The Hall–Kier alpha value is -1.68. The smallest absolute Gasteiger partial charge is 0.196 e. The van der Waals surface area contributed by atoms with Crippen LogP contribution in [0.1, 0.15) is 15.9 Å². The molecule has 0 radical (unpaired) electrons. The number of anilines is 1. The summed E-state index contributed by atoms with van der Waals surface area (Å²) in [6.07, 6.45) is 0. The van der Waals surface area contributed by atoms with Crippen LogP contribution in [0.25, 0.3) is 0 Å². The SMILES string of the molecule is Nc1ccc(C(=O)c2cccc(Br)c2F)cc1. The molecule has 0 unspecified atom stereocenters. The minimum Gasteiger partial charge on any atom is -0.399 e. The molecule has 2 aromatic carbocycles. The molecule has 0 atom stereocenters. The summed E-state index contributed by atoms with van der Waals surface area (Å²) < 4.78 is 14.0. The second-order valence-electron chi connectivity index (χ2n) is 3.55. The Balaban J connectivity index is 2.44. The number of nitrogens with two attached hydrogens (primary N) is 1. The van der Waals surface area contributed by atoms with Crippen molar-refractivity contribution in [3.8, 4) is 0 Å². The summed E-state index contributed by atoms with van der Waals surface area (Å²) in [7, 11) is 0. The average molecular weight is 294 g/mol. The molecule has 0 spiro atoms. The molecule has 2 N–H and O–H groups in total. The molecule has 0 amide bonds. The van der Waals surface area contributed by atoms with Crippen LogP contribution in [-0.4, -0.2) is 5.78 Å². The topological polar surface area (TPSA) is 43.1 Å². The summed E-state index contributed by atoms with van der Waals surface area (Å²) in [6.45, 7) is 0. The average Bonchev–Trinajstić information content (AvgIpc) is 2.33. The van der Waals surface area contributed by atoms with E-state index in [9.17, 15) is 9.18 Å². The Kier molecular flexibility index (Phi) is 3.24. The molecular weight excluding hydrogens is 285 g/mol. The fraction of sp³-hybridized carbons (Fsp3) is 0. The van der Waals surface area contributed by atoms with Crippen molar-refractivity contribution in [2.45, 2.75) is 0 Å². The predicted molar refractivity (Wildman–Crippen MR) is 68.4 cm³/mol. The van der Waals surface area contributed by atoms with Gasteiger partial charge >= 0.3 is 0 Å². The lowest BCUT2D eigenvalue weighted by molar-refractivity contribution is 0.103. The third-order valence-corrected chi connectivity index (χ3v) is 2.98. The van der Waals surface area contributed by atoms with Crippen LogP contribution >= 0.6 is 15.9 Å². The molecular formula is C13H9BrFNO.